The number of nitriles is 1. The maximum atomic E-state index is 12.0. The van der Waals surface area contributed by atoms with Crippen LogP contribution in [0.1, 0.15) is 49.9 Å². The molecule has 0 aliphatic rings. The Hall–Kier alpha value is -3.24. The Kier molecular flexibility index (Phi) is 10.2. The first-order valence-corrected chi connectivity index (χ1v) is 10.6. The summed E-state index contributed by atoms with van der Waals surface area (Å²) in [6, 6.07) is 13.8. The van der Waals surface area contributed by atoms with E-state index in [9.17, 15) is 4.79 Å². The highest BCUT2D eigenvalue weighted by Crippen LogP contribution is 2.20. The highest BCUT2D eigenvalue weighted by molar-refractivity contribution is 6.30. The number of carbonyl (C=O) groups is 1. The number of unbranched alkanes of at least 4 members (excludes halogenated alkanes) is 2. The smallest absolute Gasteiger partial charge is 0.338 e. The number of rotatable bonds is 10. The second-order valence-electron chi connectivity index (χ2n) is 6.66. The van der Waals surface area contributed by atoms with Crippen LogP contribution < -0.4 is 15.4 Å². The van der Waals surface area contributed by atoms with Crippen molar-refractivity contribution in [1.29, 1.82) is 5.26 Å². The number of benzene rings is 2. The van der Waals surface area contributed by atoms with E-state index >= 15 is 0 Å². The van der Waals surface area contributed by atoms with E-state index in [2.05, 4.69) is 22.5 Å². The van der Waals surface area contributed by atoms with Gasteiger partial charge in [-0.15, -0.1) is 0 Å². The van der Waals surface area contributed by atoms with Gasteiger partial charge in [-0.3, -0.25) is 5.32 Å². The lowest BCUT2D eigenvalue weighted by Gasteiger charge is -2.17. The van der Waals surface area contributed by atoms with Crippen LogP contribution >= 0.6 is 11.6 Å². The molecule has 31 heavy (non-hydrogen) atoms. The number of aliphatic imine (C=N–C) groups is 1. The molecule has 0 fully saturated rings. The van der Waals surface area contributed by atoms with Crippen molar-refractivity contribution in [3.05, 3.63) is 59.1 Å². The van der Waals surface area contributed by atoms with Gasteiger partial charge in [-0.05, 0) is 55.8 Å². The molecule has 2 N–H and O–H groups in total. The second-order valence-corrected chi connectivity index (χ2v) is 7.10. The first-order valence-electron chi connectivity index (χ1n) is 10.2. The van der Waals surface area contributed by atoms with E-state index in [0.29, 0.717) is 35.1 Å². The van der Waals surface area contributed by atoms with Gasteiger partial charge in [0.1, 0.15) is 5.75 Å². The lowest BCUT2D eigenvalue weighted by atomic mass is 10.2. The zero-order chi connectivity index (χ0) is 22.5. The normalized spacial score (nSPS) is 11.9. The Balaban J connectivity index is 2.21. The molecule has 0 saturated carbocycles. The van der Waals surface area contributed by atoms with Gasteiger partial charge in [0.15, 0.2) is 12.4 Å². The molecule has 2 aromatic carbocycles. The summed E-state index contributed by atoms with van der Waals surface area (Å²) in [6.45, 7) is 4.17. The van der Waals surface area contributed by atoms with Gasteiger partial charge in [-0.25, -0.2) is 9.79 Å². The quantitative estimate of drug-likeness (QED) is 0.129. The Morgan fingerprint density at radius 1 is 1.19 bits per heavy atom. The van der Waals surface area contributed by atoms with E-state index in [0.717, 1.165) is 19.3 Å². The lowest BCUT2D eigenvalue weighted by molar-refractivity contribution is 0.0526. The summed E-state index contributed by atoms with van der Waals surface area (Å²) in [5.74, 6) is 0.440. The van der Waals surface area contributed by atoms with Crippen molar-refractivity contribution in [3.8, 4) is 11.9 Å². The number of guanidine groups is 1. The highest BCUT2D eigenvalue weighted by Gasteiger charge is 2.13. The predicted molar refractivity (Wildman–Crippen MR) is 122 cm³/mol. The summed E-state index contributed by atoms with van der Waals surface area (Å²) in [5, 5.41) is 15.4. The average molecular weight is 443 g/mol. The van der Waals surface area contributed by atoms with Crippen molar-refractivity contribution < 1.29 is 14.3 Å². The number of anilines is 1. The molecule has 0 aliphatic heterocycles. The average Bonchev–Trinajstić information content (AvgIpc) is 2.76. The van der Waals surface area contributed by atoms with Crippen LogP contribution in [0.3, 0.4) is 0 Å². The minimum absolute atomic E-state index is 0.221. The molecule has 0 radical (unpaired) electrons. The van der Waals surface area contributed by atoms with E-state index < -0.39 is 12.2 Å². The van der Waals surface area contributed by atoms with E-state index in [1.165, 1.54) is 0 Å². The molecule has 0 heterocycles. The monoisotopic (exact) mass is 442 g/mol. The fourth-order valence-corrected chi connectivity index (χ4v) is 2.88. The van der Waals surface area contributed by atoms with Gasteiger partial charge in [0, 0.05) is 17.1 Å². The molecule has 7 nitrogen and oxygen atoms in total. The summed E-state index contributed by atoms with van der Waals surface area (Å²) >= 11 is 5.95. The molecule has 2 aromatic rings. The van der Waals surface area contributed by atoms with Crippen LogP contribution in [0.15, 0.2) is 53.5 Å². The predicted octanol–water partition coefficient (Wildman–Crippen LogP) is 5.34. The van der Waals surface area contributed by atoms with Crippen LogP contribution in [0.4, 0.5) is 5.69 Å². The molecule has 0 saturated heterocycles. The zero-order valence-corrected chi connectivity index (χ0v) is 18.5. The van der Waals surface area contributed by atoms with Crippen molar-refractivity contribution in [3.63, 3.8) is 0 Å². The Bertz CT molecular complexity index is 910. The number of halogens is 1. The standard InChI is InChI=1S/C23H27ClN4O3/c1-3-5-6-10-21(31-20-13-11-18(24)12-14-20)28-23(26-16-25)27-19-9-7-8-17(15-19)22(29)30-4-2/h7-9,11-15,21H,3-6,10H2,1-2H3,(H2,26,27,28). The maximum absolute atomic E-state index is 12.0. The molecular weight excluding hydrogens is 416 g/mol. The number of esters is 1. The highest BCUT2D eigenvalue weighted by atomic mass is 35.5. The number of hydrogen-bond donors (Lipinski definition) is 2. The van der Waals surface area contributed by atoms with Crippen LogP contribution in [0.2, 0.25) is 5.02 Å². The van der Waals surface area contributed by atoms with Crippen molar-refractivity contribution >= 4 is 29.2 Å². The molecule has 8 heteroatoms. The molecule has 0 spiro atoms. The maximum Gasteiger partial charge on any atom is 0.338 e. The topological polar surface area (TPSA) is 95.7 Å². The first-order chi connectivity index (χ1) is 15.0. The van der Waals surface area contributed by atoms with Gasteiger partial charge in [-0.1, -0.05) is 37.4 Å². The van der Waals surface area contributed by atoms with Crippen molar-refractivity contribution in [1.82, 2.24) is 5.32 Å². The van der Waals surface area contributed by atoms with Crippen molar-refractivity contribution in [2.45, 2.75) is 45.8 Å². The fraction of sp³-hybridized carbons (Fsp3) is 0.348. The summed E-state index contributed by atoms with van der Waals surface area (Å²) in [5.41, 5.74) is 0.992. The number of nitrogens with one attached hydrogen (secondary N) is 2. The minimum atomic E-state index is -0.510. The van der Waals surface area contributed by atoms with Crippen LogP contribution in [0.5, 0.6) is 5.75 Å². The van der Waals surface area contributed by atoms with Gasteiger partial charge in [0.05, 0.1) is 12.2 Å². The van der Waals surface area contributed by atoms with Gasteiger partial charge in [0.2, 0.25) is 5.96 Å². The van der Waals surface area contributed by atoms with E-state index in [-0.39, 0.29) is 5.96 Å². The third-order valence-electron chi connectivity index (χ3n) is 4.22. The van der Waals surface area contributed by atoms with E-state index in [4.69, 9.17) is 26.3 Å². The molecule has 1 atom stereocenters. The first kappa shape index (κ1) is 24.0. The van der Waals surface area contributed by atoms with Crippen molar-refractivity contribution in [2.75, 3.05) is 11.9 Å². The number of carbonyl (C=O) groups excluding carboxylic acids is 1. The summed E-state index contributed by atoms with van der Waals surface area (Å²) in [6.07, 6.45) is 5.09. The van der Waals surface area contributed by atoms with Gasteiger partial charge in [-0.2, -0.15) is 5.26 Å². The molecule has 0 bridgehead atoms. The second kappa shape index (κ2) is 13.1. The zero-order valence-electron chi connectivity index (χ0n) is 17.7. The summed E-state index contributed by atoms with van der Waals surface area (Å²) in [4.78, 5) is 16.5. The third kappa shape index (κ3) is 8.57. The van der Waals surface area contributed by atoms with E-state index in [1.807, 2.05) is 6.19 Å². The van der Waals surface area contributed by atoms with Crippen LogP contribution in [0, 0.1) is 11.5 Å². The van der Waals surface area contributed by atoms with Crippen molar-refractivity contribution in [2.24, 2.45) is 4.99 Å². The van der Waals surface area contributed by atoms with Gasteiger partial charge >= 0.3 is 5.97 Å². The van der Waals surface area contributed by atoms with Gasteiger partial charge in [0.25, 0.3) is 0 Å². The Morgan fingerprint density at radius 3 is 2.65 bits per heavy atom. The molecule has 1 unspecified atom stereocenters. The largest absolute Gasteiger partial charge is 0.469 e. The van der Waals surface area contributed by atoms with Crippen LogP contribution in [-0.2, 0) is 4.74 Å². The molecule has 0 aliphatic carbocycles. The minimum Gasteiger partial charge on any atom is -0.469 e. The fourth-order valence-electron chi connectivity index (χ4n) is 2.76. The summed E-state index contributed by atoms with van der Waals surface area (Å²) in [7, 11) is 0. The molecule has 164 valence electrons. The van der Waals surface area contributed by atoms with E-state index in [1.54, 1.807) is 55.5 Å². The lowest BCUT2D eigenvalue weighted by Crippen LogP contribution is -2.30. The number of nitrogens with zero attached hydrogens (tertiary/aromatic N) is 2. The SMILES string of the molecule is CCCCCC(N=C(NC#N)Nc1cccc(C(=O)OCC)c1)Oc1ccc(Cl)cc1. The van der Waals surface area contributed by atoms with Crippen LogP contribution in [0.25, 0.3) is 0 Å². The molecule has 0 aromatic heterocycles. The molecule has 0 amide bonds. The molecular formula is C23H27ClN4O3. The third-order valence-corrected chi connectivity index (χ3v) is 4.48. The summed E-state index contributed by atoms with van der Waals surface area (Å²) < 4.78 is 11.1. The Labute approximate surface area is 188 Å². The van der Waals surface area contributed by atoms with Crippen LogP contribution in [-0.4, -0.2) is 24.8 Å². The Morgan fingerprint density at radius 2 is 1.97 bits per heavy atom. The van der Waals surface area contributed by atoms with Gasteiger partial charge < -0.3 is 14.8 Å². The molecule has 2 rings (SSSR count). The number of hydrogen-bond acceptors (Lipinski definition) is 5. The number of ether oxygens (including phenoxy) is 2.